The van der Waals surface area contributed by atoms with Crippen molar-refractivity contribution in [2.24, 2.45) is 5.73 Å². The van der Waals surface area contributed by atoms with Crippen molar-refractivity contribution >= 4 is 29.1 Å². The predicted molar refractivity (Wildman–Crippen MR) is 111 cm³/mol. The van der Waals surface area contributed by atoms with Gasteiger partial charge in [0, 0.05) is 18.4 Å². The van der Waals surface area contributed by atoms with Crippen LogP contribution in [-0.4, -0.2) is 39.0 Å². The lowest BCUT2D eigenvalue weighted by molar-refractivity contribution is -0.137. The summed E-state index contributed by atoms with van der Waals surface area (Å²) < 4.78 is 40.1. The van der Waals surface area contributed by atoms with Crippen molar-refractivity contribution in [1.29, 1.82) is 0 Å². The number of alkyl halides is 3. The van der Waals surface area contributed by atoms with Gasteiger partial charge in [-0.15, -0.1) is 0 Å². The molecular weight excluding hydrogens is 441 g/mol. The molecule has 0 unspecified atom stereocenters. The highest BCUT2D eigenvalue weighted by Gasteiger charge is 2.35. The standard InChI is InChI=1S/C21H17F3N6O3/c1-11-10-29(14-5-3-13(4-6-14)21(22,23)24)20(33)17-16(9-27-30(11)17)28-19(32)15-7-2-12(8-26-15)18(25)31/h2-9,11H,10H2,1H3,(H2,25,31)(H,28,32)/t11-/m0/s1. The SMILES string of the molecule is C[C@H]1CN(c2ccc(C(F)(F)F)cc2)C(=O)c2c(NC(=O)c3ccc(C(N)=O)cn3)cnn21. The van der Waals surface area contributed by atoms with Crippen LogP contribution < -0.4 is 16.0 Å². The molecule has 1 aromatic carbocycles. The molecule has 0 radical (unpaired) electrons. The Kier molecular flexibility index (Phi) is 5.36. The van der Waals surface area contributed by atoms with Gasteiger partial charge in [0.25, 0.3) is 11.8 Å². The van der Waals surface area contributed by atoms with Gasteiger partial charge in [-0.1, -0.05) is 0 Å². The number of amides is 3. The van der Waals surface area contributed by atoms with Gasteiger partial charge in [0.15, 0.2) is 5.69 Å². The Bertz CT molecular complexity index is 1240. The summed E-state index contributed by atoms with van der Waals surface area (Å²) in [5, 5.41) is 6.74. The normalized spacial score (nSPS) is 15.8. The maximum absolute atomic E-state index is 13.2. The molecule has 3 aromatic rings. The molecule has 33 heavy (non-hydrogen) atoms. The van der Waals surface area contributed by atoms with E-state index in [9.17, 15) is 27.6 Å². The maximum atomic E-state index is 13.2. The van der Waals surface area contributed by atoms with Gasteiger partial charge >= 0.3 is 6.18 Å². The quantitative estimate of drug-likeness (QED) is 0.622. The second-order valence-corrected chi connectivity index (χ2v) is 7.41. The number of primary amides is 1. The lowest BCUT2D eigenvalue weighted by Gasteiger charge is -2.32. The molecule has 3 heterocycles. The fourth-order valence-corrected chi connectivity index (χ4v) is 3.47. The molecule has 3 N–H and O–H groups in total. The number of hydrogen-bond acceptors (Lipinski definition) is 5. The Morgan fingerprint density at radius 1 is 1.12 bits per heavy atom. The molecule has 0 spiro atoms. The molecule has 9 nitrogen and oxygen atoms in total. The molecule has 4 rings (SSSR count). The molecule has 0 aliphatic carbocycles. The van der Waals surface area contributed by atoms with Gasteiger partial charge in [0.1, 0.15) is 5.69 Å². The number of carbonyl (C=O) groups is 3. The van der Waals surface area contributed by atoms with E-state index in [0.717, 1.165) is 18.3 Å². The number of benzene rings is 1. The van der Waals surface area contributed by atoms with E-state index in [1.807, 2.05) is 0 Å². The van der Waals surface area contributed by atoms with E-state index in [1.165, 1.54) is 40.0 Å². The smallest absolute Gasteiger partial charge is 0.366 e. The minimum absolute atomic E-state index is 0.0177. The summed E-state index contributed by atoms with van der Waals surface area (Å²) in [7, 11) is 0. The Labute approximate surface area is 185 Å². The van der Waals surface area contributed by atoms with E-state index in [4.69, 9.17) is 5.73 Å². The van der Waals surface area contributed by atoms with Crippen LogP contribution in [0.3, 0.4) is 0 Å². The first kappa shape index (κ1) is 22.0. The summed E-state index contributed by atoms with van der Waals surface area (Å²) in [6, 6.07) is 6.61. The fraction of sp³-hybridized carbons (Fsp3) is 0.190. The second-order valence-electron chi connectivity index (χ2n) is 7.41. The van der Waals surface area contributed by atoms with Gasteiger partial charge < -0.3 is 16.0 Å². The van der Waals surface area contributed by atoms with E-state index < -0.39 is 29.5 Å². The lowest BCUT2D eigenvalue weighted by atomic mass is 10.1. The first-order chi connectivity index (χ1) is 15.6. The third-order valence-corrected chi connectivity index (χ3v) is 5.14. The van der Waals surface area contributed by atoms with Crippen LogP contribution in [0.2, 0.25) is 0 Å². The van der Waals surface area contributed by atoms with Crippen LogP contribution in [0.5, 0.6) is 0 Å². The Hall–Kier alpha value is -4.22. The number of pyridine rings is 1. The zero-order valence-corrected chi connectivity index (χ0v) is 17.1. The number of aromatic nitrogens is 3. The van der Waals surface area contributed by atoms with Crippen molar-refractivity contribution in [3.8, 4) is 0 Å². The monoisotopic (exact) mass is 458 g/mol. The fourth-order valence-electron chi connectivity index (χ4n) is 3.47. The minimum Gasteiger partial charge on any atom is -0.366 e. The van der Waals surface area contributed by atoms with Crippen LogP contribution in [0.25, 0.3) is 0 Å². The third kappa shape index (κ3) is 4.14. The zero-order valence-electron chi connectivity index (χ0n) is 17.1. The minimum atomic E-state index is -4.49. The predicted octanol–water partition coefficient (Wildman–Crippen LogP) is 2.87. The highest BCUT2D eigenvalue weighted by molar-refractivity contribution is 6.12. The van der Waals surface area contributed by atoms with E-state index in [-0.39, 0.29) is 40.9 Å². The Morgan fingerprint density at radius 2 is 1.82 bits per heavy atom. The molecule has 1 aliphatic rings. The van der Waals surface area contributed by atoms with Crippen molar-refractivity contribution in [3.63, 3.8) is 0 Å². The van der Waals surface area contributed by atoms with Crippen molar-refractivity contribution in [1.82, 2.24) is 14.8 Å². The highest BCUT2D eigenvalue weighted by atomic mass is 19.4. The van der Waals surface area contributed by atoms with Crippen molar-refractivity contribution in [2.45, 2.75) is 19.1 Å². The van der Waals surface area contributed by atoms with Crippen molar-refractivity contribution in [2.75, 3.05) is 16.8 Å². The highest BCUT2D eigenvalue weighted by Crippen LogP contribution is 2.33. The van der Waals surface area contributed by atoms with E-state index in [1.54, 1.807) is 6.92 Å². The number of anilines is 2. The summed E-state index contributed by atoms with van der Waals surface area (Å²) in [5.74, 6) is -1.87. The van der Waals surface area contributed by atoms with E-state index in [2.05, 4.69) is 15.4 Å². The second kappa shape index (κ2) is 8.04. The van der Waals surface area contributed by atoms with Gasteiger partial charge in [-0.2, -0.15) is 18.3 Å². The van der Waals surface area contributed by atoms with Crippen LogP contribution in [0.1, 0.15) is 49.9 Å². The molecule has 3 amide bonds. The number of nitrogens with one attached hydrogen (secondary N) is 1. The number of nitrogens with zero attached hydrogens (tertiary/aromatic N) is 4. The number of hydrogen-bond donors (Lipinski definition) is 2. The molecule has 1 atom stereocenters. The van der Waals surface area contributed by atoms with Crippen LogP contribution in [0, 0.1) is 0 Å². The molecule has 2 aromatic heterocycles. The van der Waals surface area contributed by atoms with Gasteiger partial charge in [0.2, 0.25) is 5.91 Å². The van der Waals surface area contributed by atoms with Gasteiger partial charge in [-0.25, -0.2) is 0 Å². The number of carbonyl (C=O) groups excluding carboxylic acids is 3. The summed E-state index contributed by atoms with van der Waals surface area (Å²) >= 11 is 0. The van der Waals surface area contributed by atoms with Crippen LogP contribution >= 0.6 is 0 Å². The first-order valence-electron chi connectivity index (χ1n) is 9.70. The Morgan fingerprint density at radius 3 is 2.39 bits per heavy atom. The first-order valence-corrected chi connectivity index (χ1v) is 9.70. The van der Waals surface area contributed by atoms with Crippen LogP contribution in [0.15, 0.2) is 48.8 Å². The molecule has 0 saturated heterocycles. The molecular formula is C21H17F3N6O3. The lowest BCUT2D eigenvalue weighted by Crippen LogP contribution is -2.43. The summed E-state index contributed by atoms with van der Waals surface area (Å²) in [4.78, 5) is 42.2. The topological polar surface area (TPSA) is 123 Å². The van der Waals surface area contributed by atoms with Gasteiger partial charge in [-0.05, 0) is 43.3 Å². The van der Waals surface area contributed by atoms with E-state index >= 15 is 0 Å². The van der Waals surface area contributed by atoms with Crippen LogP contribution in [0.4, 0.5) is 24.5 Å². The van der Waals surface area contributed by atoms with Crippen molar-refractivity contribution in [3.05, 3.63) is 71.3 Å². The van der Waals surface area contributed by atoms with Crippen LogP contribution in [-0.2, 0) is 6.18 Å². The third-order valence-electron chi connectivity index (χ3n) is 5.14. The number of rotatable bonds is 4. The van der Waals surface area contributed by atoms with Gasteiger partial charge in [-0.3, -0.25) is 24.0 Å². The number of halogens is 3. The molecule has 170 valence electrons. The molecule has 0 bridgehead atoms. The summed E-state index contributed by atoms with van der Waals surface area (Å²) in [6.07, 6.45) is -2.02. The Balaban J connectivity index is 1.60. The molecule has 12 heteroatoms. The van der Waals surface area contributed by atoms with Gasteiger partial charge in [0.05, 0.1) is 29.1 Å². The molecule has 1 aliphatic heterocycles. The maximum Gasteiger partial charge on any atom is 0.416 e. The number of nitrogens with two attached hydrogens (primary N) is 1. The average molecular weight is 458 g/mol. The molecule has 0 fully saturated rings. The average Bonchev–Trinajstić information content (AvgIpc) is 3.20. The molecule has 0 saturated carbocycles. The summed E-state index contributed by atoms with van der Waals surface area (Å²) in [6.45, 7) is 1.97. The zero-order chi connectivity index (χ0) is 23.9. The number of fused-ring (bicyclic) bond motifs is 1. The summed E-state index contributed by atoms with van der Waals surface area (Å²) in [5.41, 5.74) is 4.93. The van der Waals surface area contributed by atoms with E-state index in [0.29, 0.717) is 0 Å². The largest absolute Gasteiger partial charge is 0.416 e. The van der Waals surface area contributed by atoms with Crippen molar-refractivity contribution < 1.29 is 27.6 Å².